The van der Waals surface area contributed by atoms with E-state index in [-0.39, 0.29) is 11.8 Å². The molecule has 4 aromatic rings. The van der Waals surface area contributed by atoms with Crippen LogP contribution in [0.3, 0.4) is 0 Å². The molecule has 7 heteroatoms. The van der Waals surface area contributed by atoms with Gasteiger partial charge >= 0.3 is 217 Å². The van der Waals surface area contributed by atoms with E-state index in [0.29, 0.717) is 0 Å². The van der Waals surface area contributed by atoms with Crippen LogP contribution < -0.4 is 28.0 Å². The predicted octanol–water partition coefficient (Wildman–Crippen LogP) is 2.53. The Morgan fingerprint density at radius 3 is 1.26 bits per heavy atom. The molecule has 2 N–H and O–H groups in total. The Balaban J connectivity index is 1.86. The summed E-state index contributed by atoms with van der Waals surface area (Å²) < 4.78 is 11.5. The molecule has 0 fully saturated rings. The van der Waals surface area contributed by atoms with Crippen molar-refractivity contribution in [1.29, 1.82) is 0 Å². The van der Waals surface area contributed by atoms with E-state index in [9.17, 15) is 9.59 Å². The van der Waals surface area contributed by atoms with Crippen LogP contribution in [0.25, 0.3) is 0 Å². The molecule has 2 unspecified atom stereocenters. The number of rotatable bonds is 8. The maximum absolute atomic E-state index is 12.0. The van der Waals surface area contributed by atoms with Crippen LogP contribution in [0, 0.1) is 0 Å². The van der Waals surface area contributed by atoms with Crippen molar-refractivity contribution in [3.05, 3.63) is 109 Å². The van der Waals surface area contributed by atoms with Gasteiger partial charge in [0, 0.05) is 0 Å². The van der Waals surface area contributed by atoms with Crippen molar-refractivity contribution in [1.82, 2.24) is 0 Å². The van der Waals surface area contributed by atoms with Crippen LogP contribution in [0.1, 0.15) is 13.8 Å². The van der Waals surface area contributed by atoms with E-state index < -0.39 is 30.0 Å². The molecule has 0 bridgehead atoms. The zero-order valence-electron chi connectivity index (χ0n) is 19.5. The molecule has 0 radical (unpaired) electrons. The van der Waals surface area contributed by atoms with E-state index in [0.717, 1.165) is 28.8 Å². The van der Waals surface area contributed by atoms with Crippen LogP contribution in [0.15, 0.2) is 109 Å². The number of benzene rings is 4. The molecular weight excluding hydrogens is 562 g/mol. The van der Waals surface area contributed by atoms with Crippen LogP contribution in [0.2, 0.25) is 0 Å². The first-order valence-electron chi connectivity index (χ1n) is 11.1. The van der Waals surface area contributed by atoms with Crippen LogP contribution in [-0.2, 0) is 12.3 Å². The third-order valence-corrected chi connectivity index (χ3v) is 15.9. The van der Waals surface area contributed by atoms with E-state index >= 15 is 0 Å². The van der Waals surface area contributed by atoms with Gasteiger partial charge in [-0.1, -0.05) is 0 Å². The van der Waals surface area contributed by atoms with Gasteiger partial charge in [-0.3, -0.25) is 0 Å². The van der Waals surface area contributed by atoms with Crippen molar-refractivity contribution >= 4 is 70.6 Å². The van der Waals surface area contributed by atoms with Gasteiger partial charge < -0.3 is 0 Å². The Morgan fingerprint density at radius 2 is 0.886 bits per heavy atom. The van der Waals surface area contributed by atoms with Gasteiger partial charge in [0.1, 0.15) is 0 Å². The second-order valence-corrected chi connectivity index (χ2v) is 16.5. The predicted molar refractivity (Wildman–Crippen MR) is 146 cm³/mol. The third kappa shape index (κ3) is 6.52. The summed E-state index contributed by atoms with van der Waals surface area (Å²) in [5.74, 6) is -0.235. The second-order valence-electron chi connectivity index (χ2n) is 7.74. The van der Waals surface area contributed by atoms with Crippen LogP contribution >= 0.6 is 0 Å². The fraction of sp³-hybridized carbons (Fsp3) is 0.0714. The number of hydrogen-bond donors (Lipinski definition) is 2. The first-order chi connectivity index (χ1) is 17.0. The fourth-order valence-electron chi connectivity index (χ4n) is 3.56. The quantitative estimate of drug-likeness (QED) is 0.311. The summed E-state index contributed by atoms with van der Waals surface area (Å²) in [5.41, 5.74) is 1.56. The van der Waals surface area contributed by atoms with Crippen molar-refractivity contribution in [2.24, 2.45) is 0 Å². The summed E-state index contributed by atoms with van der Waals surface area (Å²) in [4.78, 5) is 23.9. The Morgan fingerprint density at radius 1 is 0.543 bits per heavy atom. The van der Waals surface area contributed by atoms with Gasteiger partial charge in [-0.05, 0) is 0 Å². The minimum atomic E-state index is -2.36. The third-order valence-electron chi connectivity index (χ3n) is 5.01. The number of para-hydroxylation sites is 2. The Labute approximate surface area is 215 Å². The molecule has 5 nitrogen and oxygen atoms in total. The zero-order chi connectivity index (χ0) is 24.6. The van der Waals surface area contributed by atoms with Gasteiger partial charge in [0.05, 0.1) is 0 Å². The molecule has 0 aliphatic carbocycles. The number of carbonyl (C=O) groups is 2. The number of amides is 2. The van der Waals surface area contributed by atoms with Gasteiger partial charge in [0.25, 0.3) is 0 Å². The molecule has 4 aromatic carbocycles. The van der Waals surface area contributed by atoms with Crippen molar-refractivity contribution < 1.29 is 12.3 Å². The summed E-state index contributed by atoms with van der Waals surface area (Å²) in [7, 11) is 0. The second kappa shape index (κ2) is 12.0. The maximum atomic E-state index is 12.0. The normalized spacial score (nSPS) is 12.4. The molecule has 35 heavy (non-hydrogen) atoms. The molecule has 4 rings (SSSR count). The standard InChI is InChI=1S/C28H26As2N2O3/c1-21(33)31-27-19-11-9-17-25(27)29(23-13-5-3-6-14-23)35-30(24-15-7-4-8-16-24)26-18-10-12-20-28(26)32-22(2)34/h3-20H,1-2H3,(H,31,33)(H,32,34). The Hall–Kier alpha value is -3.10. The van der Waals surface area contributed by atoms with Gasteiger partial charge in [-0.25, -0.2) is 0 Å². The Bertz CT molecular complexity index is 1200. The summed E-state index contributed by atoms with van der Waals surface area (Å²) in [6.07, 6.45) is 0. The van der Waals surface area contributed by atoms with Gasteiger partial charge in [-0.15, -0.1) is 0 Å². The van der Waals surface area contributed by atoms with Crippen molar-refractivity contribution in [2.75, 3.05) is 10.6 Å². The summed E-state index contributed by atoms with van der Waals surface area (Å²) >= 11 is -4.71. The molecule has 176 valence electrons. The van der Waals surface area contributed by atoms with E-state index in [1.807, 2.05) is 72.8 Å². The van der Waals surface area contributed by atoms with Crippen molar-refractivity contribution in [3.63, 3.8) is 0 Å². The van der Waals surface area contributed by atoms with E-state index in [4.69, 9.17) is 2.72 Å². The first-order valence-corrected chi connectivity index (χ1v) is 16.4. The molecule has 0 aliphatic rings. The molecule has 0 aliphatic heterocycles. The first kappa shape index (κ1) is 25.0. The molecule has 2 atom stereocenters. The number of carbonyl (C=O) groups excluding carboxylic acids is 2. The monoisotopic (exact) mass is 588 g/mol. The molecule has 0 saturated carbocycles. The van der Waals surface area contributed by atoms with E-state index in [2.05, 4.69) is 47.0 Å². The van der Waals surface area contributed by atoms with Crippen molar-refractivity contribution in [2.45, 2.75) is 13.8 Å². The van der Waals surface area contributed by atoms with Gasteiger partial charge in [0.2, 0.25) is 0 Å². The van der Waals surface area contributed by atoms with Gasteiger partial charge in [-0.2, -0.15) is 0 Å². The van der Waals surface area contributed by atoms with Crippen LogP contribution in [0.5, 0.6) is 0 Å². The SMILES string of the molecule is CC(=O)Nc1ccccc1[As](O[As](c1ccccc1)c1ccccc1NC(C)=O)c1ccccc1. The zero-order valence-corrected chi connectivity index (χ0v) is 23.3. The van der Waals surface area contributed by atoms with Crippen LogP contribution in [0.4, 0.5) is 11.4 Å². The van der Waals surface area contributed by atoms with Crippen molar-refractivity contribution in [3.8, 4) is 0 Å². The van der Waals surface area contributed by atoms with Crippen LogP contribution in [-0.4, -0.2) is 41.8 Å². The minimum absolute atomic E-state index is 0.118. The van der Waals surface area contributed by atoms with E-state index in [1.165, 1.54) is 13.8 Å². The Kier molecular flexibility index (Phi) is 8.60. The molecular formula is C28H26As2N2O3. The summed E-state index contributed by atoms with van der Waals surface area (Å²) in [6, 6.07) is 36.2. The number of hydrogen-bond acceptors (Lipinski definition) is 3. The molecule has 0 spiro atoms. The average molecular weight is 588 g/mol. The molecule has 2 amide bonds. The number of nitrogens with one attached hydrogen (secondary N) is 2. The topological polar surface area (TPSA) is 67.4 Å². The average Bonchev–Trinajstić information content (AvgIpc) is 2.86. The summed E-state index contributed by atoms with van der Waals surface area (Å²) in [6.45, 7) is 3.03. The van der Waals surface area contributed by atoms with Gasteiger partial charge in [0.15, 0.2) is 0 Å². The molecule has 0 aromatic heterocycles. The molecule has 0 saturated heterocycles. The summed E-state index contributed by atoms with van der Waals surface area (Å²) in [5, 5.41) is 5.98. The molecule has 0 heterocycles. The van der Waals surface area contributed by atoms with E-state index in [1.54, 1.807) is 0 Å². The number of anilines is 2. The fourth-order valence-corrected chi connectivity index (χ4v) is 15.8.